The Morgan fingerprint density at radius 3 is 2.67 bits per heavy atom. The predicted molar refractivity (Wildman–Crippen MR) is 69.7 cm³/mol. The molecule has 0 bridgehead atoms. The first-order valence-electron chi connectivity index (χ1n) is 5.02. The number of benzene rings is 2. The molecule has 0 atom stereocenters. The molecule has 3 nitrogen and oxygen atoms in total. The zero-order valence-corrected chi connectivity index (χ0v) is 10.7. The second-order valence-corrected chi connectivity index (χ2v) is 4.39. The Balaban J connectivity index is 2.32. The fraction of sp³-hybridized carbons (Fsp3) is 0. The largest absolute Gasteiger partial charge is 0.455 e. The van der Waals surface area contributed by atoms with Gasteiger partial charge in [0, 0.05) is 10.5 Å². The Bertz CT molecular complexity index is 637. The van der Waals surface area contributed by atoms with E-state index in [0.29, 0.717) is 21.5 Å². The molecule has 18 heavy (non-hydrogen) atoms. The molecule has 0 heterocycles. The molecule has 0 saturated heterocycles. The highest BCUT2D eigenvalue weighted by Gasteiger charge is 2.06. The lowest BCUT2D eigenvalue weighted by molar-refractivity contribution is 0.479. The number of nitrogen functional groups attached to an aromatic ring is 1. The molecule has 0 aromatic heterocycles. The summed E-state index contributed by atoms with van der Waals surface area (Å²) in [7, 11) is 0. The van der Waals surface area contributed by atoms with Crippen LogP contribution in [0.4, 0.5) is 10.1 Å². The molecule has 2 N–H and O–H groups in total. The third-order valence-corrected chi connectivity index (χ3v) is 2.92. The van der Waals surface area contributed by atoms with E-state index >= 15 is 0 Å². The molecule has 2 aromatic rings. The van der Waals surface area contributed by atoms with Gasteiger partial charge in [0.15, 0.2) is 5.75 Å². The number of ether oxygens (including phenoxy) is 1. The van der Waals surface area contributed by atoms with Crippen LogP contribution in [0, 0.1) is 17.1 Å². The van der Waals surface area contributed by atoms with Gasteiger partial charge in [-0.25, -0.2) is 4.39 Å². The van der Waals surface area contributed by atoms with Crippen LogP contribution >= 0.6 is 15.9 Å². The summed E-state index contributed by atoms with van der Waals surface area (Å²) in [6.07, 6.45) is 0. The number of nitriles is 1. The van der Waals surface area contributed by atoms with E-state index in [0.717, 1.165) is 0 Å². The van der Waals surface area contributed by atoms with Crippen LogP contribution in [0.2, 0.25) is 0 Å². The molecule has 0 unspecified atom stereocenters. The van der Waals surface area contributed by atoms with Gasteiger partial charge in [0.1, 0.15) is 17.6 Å². The van der Waals surface area contributed by atoms with Gasteiger partial charge >= 0.3 is 0 Å². The van der Waals surface area contributed by atoms with Crippen LogP contribution in [-0.2, 0) is 0 Å². The summed E-state index contributed by atoms with van der Waals surface area (Å²) in [5.74, 6) is 0.289. The zero-order chi connectivity index (χ0) is 13.1. The van der Waals surface area contributed by atoms with Gasteiger partial charge in [0.05, 0.1) is 11.3 Å². The number of nitrogens with two attached hydrogens (primary N) is 1. The molecule has 0 aliphatic rings. The van der Waals surface area contributed by atoms with E-state index in [1.807, 2.05) is 6.07 Å². The van der Waals surface area contributed by atoms with Crippen LogP contribution in [0.3, 0.4) is 0 Å². The van der Waals surface area contributed by atoms with Crippen LogP contribution in [-0.4, -0.2) is 0 Å². The number of hydrogen-bond donors (Lipinski definition) is 1. The predicted octanol–water partition coefficient (Wildman–Crippen LogP) is 3.83. The third kappa shape index (κ3) is 2.60. The van der Waals surface area contributed by atoms with Crippen LogP contribution in [0.5, 0.6) is 11.5 Å². The molecule has 0 aliphatic heterocycles. The van der Waals surface area contributed by atoms with E-state index in [2.05, 4.69) is 15.9 Å². The molecule has 0 amide bonds. The summed E-state index contributed by atoms with van der Waals surface area (Å²) in [6, 6.07) is 10.8. The minimum absolute atomic E-state index is 0.242. The second kappa shape index (κ2) is 5.07. The van der Waals surface area contributed by atoms with Crippen molar-refractivity contribution in [3.8, 4) is 17.6 Å². The van der Waals surface area contributed by atoms with Gasteiger partial charge in [-0.1, -0.05) is 0 Å². The highest BCUT2D eigenvalue weighted by atomic mass is 79.9. The summed E-state index contributed by atoms with van der Waals surface area (Å²) in [5, 5.41) is 8.79. The molecule has 0 aliphatic carbocycles. The van der Waals surface area contributed by atoms with Crippen molar-refractivity contribution in [2.45, 2.75) is 0 Å². The van der Waals surface area contributed by atoms with Crippen molar-refractivity contribution < 1.29 is 9.13 Å². The number of anilines is 1. The van der Waals surface area contributed by atoms with Gasteiger partial charge in [-0.2, -0.15) is 5.26 Å². The lowest BCUT2D eigenvalue weighted by atomic mass is 10.2. The normalized spacial score (nSPS) is 9.83. The van der Waals surface area contributed by atoms with E-state index < -0.39 is 5.82 Å². The number of halogens is 2. The van der Waals surface area contributed by atoms with Crippen molar-refractivity contribution in [1.82, 2.24) is 0 Å². The van der Waals surface area contributed by atoms with Crippen molar-refractivity contribution >= 4 is 21.6 Å². The molecule has 2 rings (SSSR count). The van der Waals surface area contributed by atoms with Gasteiger partial charge < -0.3 is 10.5 Å². The Kier molecular flexibility index (Phi) is 3.49. The smallest absolute Gasteiger partial charge is 0.153 e. The fourth-order valence-electron chi connectivity index (χ4n) is 1.37. The van der Waals surface area contributed by atoms with Crippen molar-refractivity contribution in [3.63, 3.8) is 0 Å². The first kappa shape index (κ1) is 12.4. The Hall–Kier alpha value is -2.06. The van der Waals surface area contributed by atoms with Gasteiger partial charge in [0.25, 0.3) is 0 Å². The molecule has 2 aromatic carbocycles. The van der Waals surface area contributed by atoms with Crippen LogP contribution in [0.15, 0.2) is 40.9 Å². The van der Waals surface area contributed by atoms with Crippen molar-refractivity contribution in [2.24, 2.45) is 0 Å². The average molecular weight is 307 g/mol. The van der Waals surface area contributed by atoms with E-state index in [1.54, 1.807) is 18.2 Å². The highest BCUT2D eigenvalue weighted by Crippen LogP contribution is 2.30. The first-order chi connectivity index (χ1) is 8.60. The third-order valence-electron chi connectivity index (χ3n) is 2.26. The summed E-state index contributed by atoms with van der Waals surface area (Å²) >= 11 is 3.25. The fourth-order valence-corrected chi connectivity index (χ4v) is 1.82. The quantitative estimate of drug-likeness (QED) is 0.858. The number of nitrogens with zero attached hydrogens (tertiary/aromatic N) is 1. The first-order valence-corrected chi connectivity index (χ1v) is 5.82. The monoisotopic (exact) mass is 306 g/mol. The topological polar surface area (TPSA) is 59.0 Å². The highest BCUT2D eigenvalue weighted by molar-refractivity contribution is 9.10. The Morgan fingerprint density at radius 2 is 2.00 bits per heavy atom. The molecule has 0 fully saturated rings. The summed E-state index contributed by atoms with van der Waals surface area (Å²) in [5.41, 5.74) is 6.51. The maximum absolute atomic E-state index is 13.1. The Morgan fingerprint density at radius 1 is 1.22 bits per heavy atom. The van der Waals surface area contributed by atoms with E-state index in [4.69, 9.17) is 15.7 Å². The minimum Gasteiger partial charge on any atom is -0.455 e. The lowest BCUT2D eigenvalue weighted by Gasteiger charge is -2.09. The average Bonchev–Trinajstić information content (AvgIpc) is 2.34. The number of rotatable bonds is 2. The van der Waals surface area contributed by atoms with E-state index in [-0.39, 0.29) is 5.75 Å². The lowest BCUT2D eigenvalue weighted by Crippen LogP contribution is -1.93. The van der Waals surface area contributed by atoms with Gasteiger partial charge in [-0.05, 0) is 46.3 Å². The van der Waals surface area contributed by atoms with Gasteiger partial charge in [-0.15, -0.1) is 0 Å². The maximum atomic E-state index is 13.1. The van der Waals surface area contributed by atoms with Gasteiger partial charge in [0.2, 0.25) is 0 Å². The molecule has 90 valence electrons. The standard InChI is InChI=1S/C13H8BrFN2O/c14-11-6-10(3-1-8(11)7-16)18-13-5-9(15)2-4-12(13)17/h1-6H,17H2. The van der Waals surface area contributed by atoms with Crippen molar-refractivity contribution in [1.29, 1.82) is 5.26 Å². The summed E-state index contributed by atoms with van der Waals surface area (Å²) in [4.78, 5) is 0. The van der Waals surface area contributed by atoms with Crippen molar-refractivity contribution in [3.05, 3.63) is 52.3 Å². The maximum Gasteiger partial charge on any atom is 0.153 e. The van der Waals surface area contributed by atoms with Crippen LogP contribution < -0.4 is 10.5 Å². The molecule has 0 radical (unpaired) electrons. The summed E-state index contributed by atoms with van der Waals surface area (Å²) < 4.78 is 19.1. The molecule has 0 spiro atoms. The molecule has 0 saturated carbocycles. The molecular weight excluding hydrogens is 299 g/mol. The minimum atomic E-state index is -0.424. The molecular formula is C13H8BrFN2O. The second-order valence-electron chi connectivity index (χ2n) is 3.54. The van der Waals surface area contributed by atoms with Gasteiger partial charge in [-0.3, -0.25) is 0 Å². The molecule has 5 heteroatoms. The van der Waals surface area contributed by atoms with Crippen molar-refractivity contribution in [2.75, 3.05) is 5.73 Å². The Labute approximate surface area is 112 Å². The van der Waals surface area contributed by atoms with E-state index in [1.165, 1.54) is 18.2 Å². The number of hydrogen-bond acceptors (Lipinski definition) is 3. The van der Waals surface area contributed by atoms with E-state index in [9.17, 15) is 4.39 Å². The summed E-state index contributed by atoms with van der Waals surface area (Å²) in [6.45, 7) is 0. The van der Waals surface area contributed by atoms with Crippen LogP contribution in [0.25, 0.3) is 0 Å². The SMILES string of the molecule is N#Cc1ccc(Oc2cc(F)ccc2N)cc1Br. The van der Waals surface area contributed by atoms with Crippen LogP contribution in [0.1, 0.15) is 5.56 Å². The zero-order valence-electron chi connectivity index (χ0n) is 9.15.